The van der Waals surface area contributed by atoms with Crippen LogP contribution in [0.5, 0.6) is 0 Å². The average Bonchev–Trinajstić information content (AvgIpc) is 2.80. The number of carboxylic acid groups (broad SMARTS) is 1. The molecule has 3 amide bonds. The maximum atomic E-state index is 12.9. The molecule has 2 aromatic carbocycles. The van der Waals surface area contributed by atoms with Crippen LogP contribution < -0.4 is 5.32 Å². The van der Waals surface area contributed by atoms with E-state index in [-0.39, 0.29) is 24.4 Å². The van der Waals surface area contributed by atoms with E-state index in [1.165, 1.54) is 0 Å². The summed E-state index contributed by atoms with van der Waals surface area (Å²) in [4.78, 5) is 40.9. The monoisotopic (exact) mass is 513 g/mol. The Morgan fingerprint density at radius 2 is 1.91 bits per heavy atom. The molecule has 1 fully saturated rings. The van der Waals surface area contributed by atoms with E-state index in [4.69, 9.17) is 0 Å². The van der Waals surface area contributed by atoms with Crippen LogP contribution in [0.2, 0.25) is 0 Å². The van der Waals surface area contributed by atoms with Crippen LogP contribution in [0.3, 0.4) is 0 Å². The van der Waals surface area contributed by atoms with Gasteiger partial charge in [-0.25, -0.2) is 4.79 Å². The Labute approximate surface area is 201 Å². The number of hydrogen-bond donors (Lipinski definition) is 2. The van der Waals surface area contributed by atoms with E-state index in [1.807, 2.05) is 54.3 Å². The number of anilines is 1. The van der Waals surface area contributed by atoms with Gasteiger partial charge in [0, 0.05) is 42.3 Å². The number of rotatable bonds is 6. The number of aryl methyl sites for hydroxylation is 1. The van der Waals surface area contributed by atoms with Crippen LogP contribution in [0.4, 0.5) is 10.5 Å². The standard InChI is InChI=1S/C25H28BrN3O4/c1-16-12-17(6-7-21(16)26)13-19(24(31)32)14-23(30)28-10-8-20(9-11-28)29-15-18-4-2-3-5-22(18)27-25(29)33/h2-7,12,19-20H,8-11,13-15H2,1H3,(H,27,33)(H,31,32). The van der Waals surface area contributed by atoms with Crippen molar-refractivity contribution in [1.29, 1.82) is 0 Å². The molecule has 0 spiro atoms. The number of piperidine rings is 1. The van der Waals surface area contributed by atoms with E-state index >= 15 is 0 Å². The van der Waals surface area contributed by atoms with Crippen molar-refractivity contribution in [3.63, 3.8) is 0 Å². The Kier molecular flexibility index (Phi) is 7.02. The van der Waals surface area contributed by atoms with Crippen molar-refractivity contribution < 1.29 is 19.5 Å². The third-order valence-electron chi connectivity index (χ3n) is 6.59. The number of nitrogens with zero attached hydrogens (tertiary/aromatic N) is 2. The van der Waals surface area contributed by atoms with Crippen LogP contribution >= 0.6 is 15.9 Å². The highest BCUT2D eigenvalue weighted by Crippen LogP contribution is 2.28. The van der Waals surface area contributed by atoms with E-state index in [9.17, 15) is 19.5 Å². The highest BCUT2D eigenvalue weighted by Gasteiger charge is 2.33. The second-order valence-corrected chi connectivity index (χ2v) is 9.71. The summed E-state index contributed by atoms with van der Waals surface area (Å²) in [5.41, 5.74) is 3.88. The van der Waals surface area contributed by atoms with Gasteiger partial charge < -0.3 is 20.2 Å². The topological polar surface area (TPSA) is 90.0 Å². The van der Waals surface area contributed by atoms with Crippen molar-refractivity contribution in [2.75, 3.05) is 18.4 Å². The SMILES string of the molecule is Cc1cc(CC(CC(=O)N2CCC(N3Cc4ccccc4NC3=O)CC2)C(=O)O)ccc1Br. The third kappa shape index (κ3) is 5.38. The zero-order chi connectivity index (χ0) is 23.5. The number of para-hydroxylation sites is 1. The number of carbonyl (C=O) groups is 3. The lowest BCUT2D eigenvalue weighted by atomic mass is 9.94. The normalized spacial score (nSPS) is 17.3. The number of fused-ring (bicyclic) bond motifs is 1. The summed E-state index contributed by atoms with van der Waals surface area (Å²) in [5, 5.41) is 12.6. The van der Waals surface area contributed by atoms with Crippen LogP contribution in [-0.2, 0) is 22.6 Å². The lowest BCUT2D eigenvalue weighted by Gasteiger charge is -2.40. The molecule has 0 radical (unpaired) electrons. The molecule has 33 heavy (non-hydrogen) atoms. The van der Waals surface area contributed by atoms with E-state index in [1.54, 1.807) is 4.90 Å². The minimum Gasteiger partial charge on any atom is -0.481 e. The number of carbonyl (C=O) groups excluding carboxylic acids is 2. The highest BCUT2D eigenvalue weighted by molar-refractivity contribution is 9.10. The van der Waals surface area contributed by atoms with Crippen LogP contribution in [0.15, 0.2) is 46.9 Å². The van der Waals surface area contributed by atoms with Crippen molar-refractivity contribution >= 4 is 39.5 Å². The van der Waals surface area contributed by atoms with Gasteiger partial charge in [0.15, 0.2) is 0 Å². The molecule has 2 N–H and O–H groups in total. The van der Waals surface area contributed by atoms with Gasteiger partial charge in [0.2, 0.25) is 5.91 Å². The number of hydrogen-bond acceptors (Lipinski definition) is 3. The largest absolute Gasteiger partial charge is 0.481 e. The van der Waals surface area contributed by atoms with Crippen molar-refractivity contribution in [3.8, 4) is 0 Å². The molecular formula is C25H28BrN3O4. The molecule has 1 unspecified atom stereocenters. The Hall–Kier alpha value is -2.87. The van der Waals surface area contributed by atoms with Crippen LogP contribution in [0, 0.1) is 12.8 Å². The first kappa shape index (κ1) is 23.3. The van der Waals surface area contributed by atoms with Crippen molar-refractivity contribution in [2.24, 2.45) is 5.92 Å². The van der Waals surface area contributed by atoms with Crippen molar-refractivity contribution in [2.45, 2.75) is 45.2 Å². The molecule has 1 saturated heterocycles. The second-order valence-electron chi connectivity index (χ2n) is 8.85. The minimum absolute atomic E-state index is 0.0211. The van der Waals surface area contributed by atoms with Gasteiger partial charge in [-0.05, 0) is 55.0 Å². The number of likely N-dealkylation sites (tertiary alicyclic amines) is 1. The molecule has 174 valence electrons. The van der Waals surface area contributed by atoms with Gasteiger partial charge in [-0.1, -0.05) is 46.3 Å². The average molecular weight is 514 g/mol. The molecular weight excluding hydrogens is 486 g/mol. The molecule has 0 aromatic heterocycles. The quantitative estimate of drug-likeness (QED) is 0.597. The molecule has 0 saturated carbocycles. The molecule has 2 aromatic rings. The molecule has 8 heteroatoms. The van der Waals surface area contributed by atoms with Crippen molar-refractivity contribution in [1.82, 2.24) is 9.80 Å². The number of nitrogens with one attached hydrogen (secondary N) is 1. The highest BCUT2D eigenvalue weighted by atomic mass is 79.9. The summed E-state index contributed by atoms with van der Waals surface area (Å²) in [6, 6.07) is 13.5. The third-order valence-corrected chi connectivity index (χ3v) is 7.48. The zero-order valence-corrected chi connectivity index (χ0v) is 20.2. The molecule has 0 aliphatic carbocycles. The van der Waals surface area contributed by atoms with Gasteiger partial charge in [0.05, 0.1) is 5.92 Å². The zero-order valence-electron chi connectivity index (χ0n) is 18.6. The number of amides is 3. The summed E-state index contributed by atoms with van der Waals surface area (Å²) in [7, 11) is 0. The maximum absolute atomic E-state index is 12.9. The van der Waals surface area contributed by atoms with Gasteiger partial charge in [-0.15, -0.1) is 0 Å². The van der Waals surface area contributed by atoms with Gasteiger partial charge in [-0.2, -0.15) is 0 Å². The number of halogens is 1. The Balaban J connectivity index is 1.33. The predicted molar refractivity (Wildman–Crippen MR) is 129 cm³/mol. The fraction of sp³-hybridized carbons (Fsp3) is 0.400. The molecule has 2 aliphatic rings. The second kappa shape index (κ2) is 9.95. The van der Waals surface area contributed by atoms with E-state index in [0.717, 1.165) is 26.9 Å². The van der Waals surface area contributed by atoms with Gasteiger partial charge in [0.1, 0.15) is 0 Å². The first-order valence-electron chi connectivity index (χ1n) is 11.2. The summed E-state index contributed by atoms with van der Waals surface area (Å²) in [6.45, 7) is 3.57. The predicted octanol–water partition coefficient (Wildman–Crippen LogP) is 4.43. The lowest BCUT2D eigenvalue weighted by molar-refractivity contribution is -0.146. The lowest BCUT2D eigenvalue weighted by Crippen LogP contribution is -2.51. The molecule has 4 rings (SSSR count). The minimum atomic E-state index is -0.956. The Bertz CT molecular complexity index is 1070. The van der Waals surface area contributed by atoms with Crippen LogP contribution in [0.1, 0.15) is 36.0 Å². The van der Waals surface area contributed by atoms with Crippen molar-refractivity contribution in [3.05, 3.63) is 63.6 Å². The Morgan fingerprint density at radius 3 is 2.61 bits per heavy atom. The maximum Gasteiger partial charge on any atom is 0.322 e. The first-order chi connectivity index (χ1) is 15.8. The number of urea groups is 1. The van der Waals surface area contributed by atoms with Crippen LogP contribution in [-0.4, -0.2) is 51.9 Å². The van der Waals surface area contributed by atoms with E-state index in [0.29, 0.717) is 38.9 Å². The summed E-state index contributed by atoms with van der Waals surface area (Å²) < 4.78 is 0.975. The summed E-state index contributed by atoms with van der Waals surface area (Å²) in [6.07, 6.45) is 1.67. The Morgan fingerprint density at radius 1 is 1.18 bits per heavy atom. The molecule has 2 heterocycles. The van der Waals surface area contributed by atoms with Gasteiger partial charge >= 0.3 is 12.0 Å². The van der Waals surface area contributed by atoms with Crippen LogP contribution in [0.25, 0.3) is 0 Å². The number of carboxylic acids is 1. The summed E-state index contributed by atoms with van der Waals surface area (Å²) in [5.74, 6) is -1.86. The van der Waals surface area contributed by atoms with Gasteiger partial charge in [0.25, 0.3) is 0 Å². The number of benzene rings is 2. The molecule has 1 atom stereocenters. The first-order valence-corrected chi connectivity index (χ1v) is 12.0. The summed E-state index contributed by atoms with van der Waals surface area (Å²) >= 11 is 3.46. The number of aliphatic carboxylic acids is 1. The smallest absolute Gasteiger partial charge is 0.322 e. The van der Waals surface area contributed by atoms with E-state index in [2.05, 4.69) is 21.2 Å². The molecule has 7 nitrogen and oxygen atoms in total. The fourth-order valence-corrected chi connectivity index (χ4v) is 4.90. The van der Waals surface area contributed by atoms with Gasteiger partial charge in [-0.3, -0.25) is 9.59 Å². The van der Waals surface area contributed by atoms with E-state index < -0.39 is 11.9 Å². The molecule has 2 aliphatic heterocycles. The fourth-order valence-electron chi connectivity index (χ4n) is 4.65. The molecule has 0 bridgehead atoms.